The Morgan fingerprint density at radius 2 is 1.64 bits per heavy atom. The first-order chi connectivity index (χ1) is 11.9. The number of nitro benzene ring substituents is 1. The van der Waals surface area contributed by atoms with Gasteiger partial charge in [0.1, 0.15) is 0 Å². The number of nitrogens with zero attached hydrogens (tertiary/aromatic N) is 2. The normalized spacial score (nSPS) is 10.9. The van der Waals surface area contributed by atoms with Crippen molar-refractivity contribution in [2.24, 2.45) is 5.10 Å². The fourth-order valence-electron chi connectivity index (χ4n) is 1.80. The zero-order valence-electron chi connectivity index (χ0n) is 13.0. The summed E-state index contributed by atoms with van der Waals surface area (Å²) >= 11 is 3.27. The van der Waals surface area contributed by atoms with Crippen LogP contribution < -0.4 is 10.7 Å². The van der Waals surface area contributed by atoms with E-state index < -0.39 is 16.7 Å². The molecule has 2 N–H and O–H groups in total. The van der Waals surface area contributed by atoms with Crippen LogP contribution in [0.4, 0.5) is 11.4 Å². The predicted molar refractivity (Wildman–Crippen MR) is 96.2 cm³/mol. The molecule has 0 unspecified atom stereocenters. The van der Waals surface area contributed by atoms with Crippen LogP contribution in [0.5, 0.6) is 0 Å². The van der Waals surface area contributed by atoms with E-state index in [1.54, 1.807) is 31.2 Å². The van der Waals surface area contributed by atoms with Crippen LogP contribution in [0, 0.1) is 10.1 Å². The van der Waals surface area contributed by atoms with Gasteiger partial charge in [-0.15, -0.1) is 0 Å². The Labute approximate surface area is 151 Å². The summed E-state index contributed by atoms with van der Waals surface area (Å²) in [6.45, 7) is 1.61. The third kappa shape index (κ3) is 5.21. The van der Waals surface area contributed by atoms with Crippen molar-refractivity contribution >= 4 is 44.8 Å². The molecule has 0 aliphatic carbocycles. The van der Waals surface area contributed by atoms with E-state index in [2.05, 4.69) is 31.8 Å². The molecule has 128 valence electrons. The van der Waals surface area contributed by atoms with Gasteiger partial charge in [-0.2, -0.15) is 5.10 Å². The number of amides is 2. The second-order valence-corrected chi connectivity index (χ2v) is 5.82. The lowest BCUT2D eigenvalue weighted by molar-refractivity contribution is -0.384. The highest BCUT2D eigenvalue weighted by atomic mass is 79.9. The number of anilines is 1. The molecule has 25 heavy (non-hydrogen) atoms. The first kappa shape index (κ1) is 18.3. The van der Waals surface area contributed by atoms with Gasteiger partial charge in [-0.25, -0.2) is 5.43 Å². The molecule has 8 nitrogen and oxygen atoms in total. The van der Waals surface area contributed by atoms with E-state index in [9.17, 15) is 19.7 Å². The lowest BCUT2D eigenvalue weighted by atomic mass is 10.1. The highest BCUT2D eigenvalue weighted by Crippen LogP contribution is 2.14. The summed E-state index contributed by atoms with van der Waals surface area (Å²) in [5.41, 5.74) is 3.55. The molecule has 0 saturated heterocycles. The van der Waals surface area contributed by atoms with E-state index in [0.29, 0.717) is 17.0 Å². The Morgan fingerprint density at radius 3 is 2.20 bits per heavy atom. The Balaban J connectivity index is 1.96. The number of carbonyl (C=O) groups is 2. The van der Waals surface area contributed by atoms with Crippen LogP contribution in [-0.2, 0) is 9.59 Å². The average Bonchev–Trinajstić information content (AvgIpc) is 2.61. The lowest BCUT2D eigenvalue weighted by Gasteiger charge is -2.05. The van der Waals surface area contributed by atoms with Crippen molar-refractivity contribution in [3.63, 3.8) is 0 Å². The number of non-ortho nitro benzene ring substituents is 1. The van der Waals surface area contributed by atoms with Crippen molar-refractivity contribution in [2.45, 2.75) is 6.92 Å². The maximum absolute atomic E-state index is 11.8. The molecule has 0 heterocycles. The van der Waals surface area contributed by atoms with Gasteiger partial charge in [0, 0.05) is 22.3 Å². The standard InChI is InChI=1S/C16H13BrN4O4/c1-10(11-2-8-14(9-3-11)21(24)25)19-20-16(23)15(22)18-13-6-4-12(17)5-7-13/h2-9H,1H3,(H,18,22)(H,20,23). The third-order valence-electron chi connectivity index (χ3n) is 3.13. The largest absolute Gasteiger partial charge is 0.329 e. The average molecular weight is 405 g/mol. The van der Waals surface area contributed by atoms with Gasteiger partial charge in [0.15, 0.2) is 0 Å². The first-order valence-corrected chi connectivity index (χ1v) is 7.82. The molecular weight excluding hydrogens is 392 g/mol. The molecule has 0 spiro atoms. The number of carbonyl (C=O) groups excluding carboxylic acids is 2. The van der Waals surface area contributed by atoms with Crippen LogP contribution in [0.15, 0.2) is 58.1 Å². The van der Waals surface area contributed by atoms with Crippen molar-refractivity contribution in [2.75, 3.05) is 5.32 Å². The minimum atomic E-state index is -0.927. The summed E-state index contributed by atoms with van der Waals surface area (Å²) in [4.78, 5) is 33.7. The molecule has 0 aromatic heterocycles. The molecule has 2 aromatic carbocycles. The summed E-state index contributed by atoms with van der Waals surface area (Å²) < 4.78 is 0.846. The van der Waals surface area contributed by atoms with Crippen LogP contribution >= 0.6 is 15.9 Å². The summed E-state index contributed by atoms with van der Waals surface area (Å²) in [5, 5.41) is 16.9. The number of halogens is 1. The van der Waals surface area contributed by atoms with E-state index in [1.807, 2.05) is 0 Å². The van der Waals surface area contributed by atoms with E-state index in [-0.39, 0.29) is 5.69 Å². The van der Waals surface area contributed by atoms with Crippen LogP contribution in [0.2, 0.25) is 0 Å². The summed E-state index contributed by atoms with van der Waals surface area (Å²) in [6, 6.07) is 12.4. The van der Waals surface area contributed by atoms with E-state index in [4.69, 9.17) is 0 Å². The molecule has 2 amide bonds. The van der Waals surface area contributed by atoms with Crippen molar-refractivity contribution < 1.29 is 14.5 Å². The number of nitro groups is 1. The molecule has 0 aliphatic rings. The smallest absolute Gasteiger partial charge is 0.318 e. The van der Waals surface area contributed by atoms with Gasteiger partial charge in [-0.05, 0) is 48.9 Å². The summed E-state index contributed by atoms with van der Waals surface area (Å²) in [5.74, 6) is -1.79. The Morgan fingerprint density at radius 1 is 1.04 bits per heavy atom. The summed E-state index contributed by atoms with van der Waals surface area (Å²) in [7, 11) is 0. The Bertz CT molecular complexity index is 832. The van der Waals surface area contributed by atoms with Gasteiger partial charge in [0.05, 0.1) is 10.6 Å². The second-order valence-electron chi connectivity index (χ2n) is 4.90. The van der Waals surface area contributed by atoms with Crippen LogP contribution in [0.1, 0.15) is 12.5 Å². The van der Waals surface area contributed by atoms with Gasteiger partial charge < -0.3 is 5.32 Å². The number of benzene rings is 2. The lowest BCUT2D eigenvalue weighted by Crippen LogP contribution is -2.32. The molecule has 0 fully saturated rings. The van der Waals surface area contributed by atoms with Gasteiger partial charge in [-0.1, -0.05) is 15.9 Å². The van der Waals surface area contributed by atoms with Gasteiger partial charge in [0.2, 0.25) is 0 Å². The van der Waals surface area contributed by atoms with E-state index in [0.717, 1.165) is 4.47 Å². The van der Waals surface area contributed by atoms with Crippen molar-refractivity contribution in [1.29, 1.82) is 0 Å². The van der Waals surface area contributed by atoms with Crippen LogP contribution in [-0.4, -0.2) is 22.4 Å². The summed E-state index contributed by atoms with van der Waals surface area (Å²) in [6.07, 6.45) is 0. The second kappa shape index (κ2) is 8.15. The fourth-order valence-corrected chi connectivity index (χ4v) is 2.06. The maximum atomic E-state index is 11.8. The van der Waals surface area contributed by atoms with E-state index in [1.165, 1.54) is 24.3 Å². The molecule has 0 saturated carbocycles. The molecule has 0 radical (unpaired) electrons. The molecule has 0 bridgehead atoms. The van der Waals surface area contributed by atoms with Crippen LogP contribution in [0.25, 0.3) is 0 Å². The molecule has 0 aliphatic heterocycles. The molecule has 0 atom stereocenters. The Hall–Kier alpha value is -3.07. The highest BCUT2D eigenvalue weighted by molar-refractivity contribution is 9.10. The monoisotopic (exact) mass is 404 g/mol. The zero-order chi connectivity index (χ0) is 18.4. The quantitative estimate of drug-likeness (QED) is 0.352. The zero-order valence-corrected chi connectivity index (χ0v) is 14.6. The van der Waals surface area contributed by atoms with Crippen molar-refractivity contribution in [1.82, 2.24) is 5.43 Å². The highest BCUT2D eigenvalue weighted by Gasteiger charge is 2.13. The molecule has 2 aromatic rings. The fraction of sp³-hybridized carbons (Fsp3) is 0.0625. The Kier molecular flexibility index (Phi) is 5.96. The number of hydrogen-bond donors (Lipinski definition) is 2. The molecular formula is C16H13BrN4O4. The minimum Gasteiger partial charge on any atom is -0.318 e. The van der Waals surface area contributed by atoms with Crippen molar-refractivity contribution in [3.05, 3.63) is 68.7 Å². The predicted octanol–water partition coefficient (Wildman–Crippen LogP) is 2.84. The van der Waals surface area contributed by atoms with E-state index >= 15 is 0 Å². The molecule has 2 rings (SSSR count). The topological polar surface area (TPSA) is 114 Å². The minimum absolute atomic E-state index is 0.0468. The number of nitrogens with one attached hydrogen (secondary N) is 2. The SMILES string of the molecule is CC(=NNC(=O)C(=O)Nc1ccc(Br)cc1)c1ccc([N+](=O)[O-])cc1. The van der Waals surface area contributed by atoms with Gasteiger partial charge in [-0.3, -0.25) is 19.7 Å². The van der Waals surface area contributed by atoms with Crippen LogP contribution in [0.3, 0.4) is 0 Å². The molecule has 9 heteroatoms. The first-order valence-electron chi connectivity index (χ1n) is 7.03. The van der Waals surface area contributed by atoms with Crippen molar-refractivity contribution in [3.8, 4) is 0 Å². The maximum Gasteiger partial charge on any atom is 0.329 e. The third-order valence-corrected chi connectivity index (χ3v) is 3.66. The number of hydrazone groups is 1. The number of hydrogen-bond acceptors (Lipinski definition) is 5. The number of rotatable bonds is 4. The van der Waals surface area contributed by atoms with Gasteiger partial charge >= 0.3 is 11.8 Å². The van der Waals surface area contributed by atoms with Gasteiger partial charge in [0.25, 0.3) is 5.69 Å².